The average Bonchev–Trinajstić information content (AvgIpc) is 3.15. The van der Waals surface area contributed by atoms with Gasteiger partial charge in [0.1, 0.15) is 17.6 Å². The topological polar surface area (TPSA) is 96.9 Å². The van der Waals surface area contributed by atoms with Gasteiger partial charge in [0.05, 0.1) is 6.54 Å². The molecule has 0 aliphatic rings. The van der Waals surface area contributed by atoms with Crippen LogP contribution in [0.4, 0.5) is 0 Å². The van der Waals surface area contributed by atoms with Crippen LogP contribution in [-0.2, 0) is 6.54 Å². The van der Waals surface area contributed by atoms with Gasteiger partial charge in [0.25, 0.3) is 0 Å². The summed E-state index contributed by atoms with van der Waals surface area (Å²) in [4.78, 5) is 17.8. The number of H-pyrrole nitrogens is 1. The van der Waals surface area contributed by atoms with E-state index in [0.29, 0.717) is 29.4 Å². The Balaban J connectivity index is 1.76. The number of aromatic nitrogens is 4. The van der Waals surface area contributed by atoms with E-state index in [1.54, 1.807) is 36.0 Å². The number of imidazole rings is 1. The molecule has 0 aliphatic heterocycles. The Morgan fingerprint density at radius 3 is 3.09 bits per heavy atom. The van der Waals surface area contributed by atoms with Crippen LogP contribution in [0.3, 0.4) is 0 Å². The van der Waals surface area contributed by atoms with Crippen LogP contribution >= 0.6 is 0 Å². The maximum atomic E-state index is 11.2. The molecule has 0 radical (unpaired) electrons. The van der Waals surface area contributed by atoms with Crippen molar-refractivity contribution in [3.8, 4) is 11.8 Å². The van der Waals surface area contributed by atoms with E-state index < -0.39 is 6.10 Å². The van der Waals surface area contributed by atoms with Gasteiger partial charge in [0.15, 0.2) is 0 Å². The molecule has 7 nitrogen and oxygen atoms in total. The second-order valence-electron chi connectivity index (χ2n) is 4.96. The lowest BCUT2D eigenvalue weighted by molar-refractivity contribution is 0.184. The molecule has 3 aromatic heterocycles. The number of aromatic amines is 1. The standard InChI is InChI=1S/C16H14N4O3/c1-11(21)16-18-6-7-20(16)10-13-9-14(23-19-13)3-2-12-4-5-17-15(22)8-12/h4-9,11,21H,10H2,1H3,(H,17,22)/t11-/m0/s1. The Bertz CT molecular complexity index is 924. The van der Waals surface area contributed by atoms with Gasteiger partial charge in [-0.1, -0.05) is 11.1 Å². The fourth-order valence-corrected chi connectivity index (χ4v) is 2.10. The number of hydrogen-bond donors (Lipinski definition) is 2. The van der Waals surface area contributed by atoms with Gasteiger partial charge in [0.2, 0.25) is 11.3 Å². The maximum absolute atomic E-state index is 11.2. The molecular weight excluding hydrogens is 296 g/mol. The molecule has 0 fully saturated rings. The van der Waals surface area contributed by atoms with Crippen molar-refractivity contribution in [2.75, 3.05) is 0 Å². The number of pyridine rings is 1. The molecule has 0 amide bonds. The Morgan fingerprint density at radius 2 is 2.30 bits per heavy atom. The fraction of sp³-hybridized carbons (Fsp3) is 0.188. The van der Waals surface area contributed by atoms with Gasteiger partial charge in [0, 0.05) is 36.3 Å². The minimum atomic E-state index is -0.660. The second kappa shape index (κ2) is 6.34. The molecule has 23 heavy (non-hydrogen) atoms. The zero-order valence-electron chi connectivity index (χ0n) is 12.4. The van der Waals surface area contributed by atoms with E-state index in [1.165, 1.54) is 12.3 Å². The third kappa shape index (κ3) is 3.56. The molecule has 0 aromatic carbocycles. The lowest BCUT2D eigenvalue weighted by Crippen LogP contribution is -2.07. The van der Waals surface area contributed by atoms with Crippen molar-refractivity contribution in [2.45, 2.75) is 19.6 Å². The highest BCUT2D eigenvalue weighted by Gasteiger charge is 2.10. The van der Waals surface area contributed by atoms with Gasteiger partial charge < -0.3 is 19.2 Å². The van der Waals surface area contributed by atoms with Crippen molar-refractivity contribution in [3.05, 3.63) is 70.0 Å². The normalized spacial score (nSPS) is 11.7. The number of aliphatic hydroxyl groups is 1. The van der Waals surface area contributed by atoms with Crippen LogP contribution in [0.15, 0.2) is 46.1 Å². The van der Waals surface area contributed by atoms with Gasteiger partial charge in [-0.05, 0) is 18.9 Å². The summed E-state index contributed by atoms with van der Waals surface area (Å²) in [5, 5.41) is 13.6. The highest BCUT2D eigenvalue weighted by Crippen LogP contribution is 2.12. The molecule has 0 bridgehead atoms. The third-order valence-corrected chi connectivity index (χ3v) is 3.12. The zero-order chi connectivity index (χ0) is 16.2. The molecule has 116 valence electrons. The fourth-order valence-electron chi connectivity index (χ4n) is 2.10. The predicted molar refractivity (Wildman–Crippen MR) is 81.5 cm³/mol. The summed E-state index contributed by atoms with van der Waals surface area (Å²) in [7, 11) is 0. The van der Waals surface area contributed by atoms with Crippen molar-refractivity contribution in [2.24, 2.45) is 0 Å². The summed E-state index contributed by atoms with van der Waals surface area (Å²) in [5.41, 5.74) is 1.05. The molecule has 0 saturated heterocycles. The van der Waals surface area contributed by atoms with Crippen molar-refractivity contribution in [1.29, 1.82) is 0 Å². The maximum Gasteiger partial charge on any atom is 0.249 e. The number of rotatable bonds is 3. The Kier molecular flexibility index (Phi) is 4.08. The number of aliphatic hydroxyl groups excluding tert-OH is 1. The molecule has 0 unspecified atom stereocenters. The molecule has 0 saturated carbocycles. The lowest BCUT2D eigenvalue weighted by atomic mass is 10.2. The minimum Gasteiger partial charge on any atom is -0.385 e. The largest absolute Gasteiger partial charge is 0.385 e. The number of nitrogens with one attached hydrogen (secondary N) is 1. The molecule has 2 N–H and O–H groups in total. The average molecular weight is 310 g/mol. The summed E-state index contributed by atoms with van der Waals surface area (Å²) >= 11 is 0. The van der Waals surface area contributed by atoms with E-state index in [4.69, 9.17) is 4.52 Å². The molecule has 1 atom stereocenters. The van der Waals surface area contributed by atoms with Gasteiger partial charge in [-0.25, -0.2) is 4.98 Å². The Hall–Kier alpha value is -3.11. The van der Waals surface area contributed by atoms with Crippen molar-refractivity contribution in [1.82, 2.24) is 19.7 Å². The van der Waals surface area contributed by atoms with Crippen LogP contribution in [0.1, 0.15) is 35.9 Å². The molecule has 3 rings (SSSR count). The zero-order valence-corrected chi connectivity index (χ0v) is 12.4. The monoisotopic (exact) mass is 310 g/mol. The van der Waals surface area contributed by atoms with E-state index in [-0.39, 0.29) is 5.56 Å². The smallest absolute Gasteiger partial charge is 0.249 e. The second-order valence-corrected chi connectivity index (χ2v) is 4.96. The summed E-state index contributed by atoms with van der Waals surface area (Å²) < 4.78 is 6.95. The molecule has 3 heterocycles. The van der Waals surface area contributed by atoms with Crippen molar-refractivity contribution in [3.63, 3.8) is 0 Å². The third-order valence-electron chi connectivity index (χ3n) is 3.12. The van der Waals surface area contributed by atoms with Crippen LogP contribution in [0.5, 0.6) is 0 Å². The van der Waals surface area contributed by atoms with Gasteiger partial charge in [-0.15, -0.1) is 0 Å². The molecule has 0 aliphatic carbocycles. The predicted octanol–water partition coefficient (Wildman–Crippen LogP) is 1.06. The molecular formula is C16H14N4O3. The Morgan fingerprint density at radius 1 is 1.43 bits per heavy atom. The summed E-state index contributed by atoms with van der Waals surface area (Å²) in [6.07, 6.45) is 4.26. The van der Waals surface area contributed by atoms with Crippen LogP contribution in [0.2, 0.25) is 0 Å². The van der Waals surface area contributed by atoms with Gasteiger partial charge in [-0.2, -0.15) is 0 Å². The van der Waals surface area contributed by atoms with Crippen LogP contribution in [0, 0.1) is 11.8 Å². The van der Waals surface area contributed by atoms with Gasteiger partial charge in [-0.3, -0.25) is 4.79 Å². The number of hydrogen-bond acceptors (Lipinski definition) is 5. The minimum absolute atomic E-state index is 0.208. The first-order valence-corrected chi connectivity index (χ1v) is 6.97. The molecule has 3 aromatic rings. The first kappa shape index (κ1) is 14.8. The number of nitrogens with zero attached hydrogens (tertiary/aromatic N) is 3. The van der Waals surface area contributed by atoms with E-state index in [1.807, 2.05) is 0 Å². The molecule has 7 heteroatoms. The van der Waals surface area contributed by atoms with E-state index >= 15 is 0 Å². The van der Waals surface area contributed by atoms with E-state index in [9.17, 15) is 9.90 Å². The Labute approximate surface area is 131 Å². The summed E-state index contributed by atoms with van der Waals surface area (Å²) in [6, 6.07) is 4.82. The van der Waals surface area contributed by atoms with Crippen molar-refractivity contribution < 1.29 is 9.63 Å². The van der Waals surface area contributed by atoms with E-state index in [0.717, 1.165) is 0 Å². The quantitative estimate of drug-likeness (QED) is 0.705. The van der Waals surface area contributed by atoms with Crippen molar-refractivity contribution >= 4 is 0 Å². The summed E-state index contributed by atoms with van der Waals surface area (Å²) in [6.45, 7) is 2.08. The van der Waals surface area contributed by atoms with Crippen LogP contribution < -0.4 is 5.56 Å². The first-order chi connectivity index (χ1) is 11.1. The summed E-state index contributed by atoms with van der Waals surface area (Å²) in [5.74, 6) is 6.62. The first-order valence-electron chi connectivity index (χ1n) is 6.97. The van der Waals surface area contributed by atoms with E-state index in [2.05, 4.69) is 27.0 Å². The van der Waals surface area contributed by atoms with Crippen LogP contribution in [-0.4, -0.2) is 24.8 Å². The van der Waals surface area contributed by atoms with Crippen LogP contribution in [0.25, 0.3) is 0 Å². The van der Waals surface area contributed by atoms with Gasteiger partial charge >= 0.3 is 0 Å². The highest BCUT2D eigenvalue weighted by molar-refractivity contribution is 5.38. The lowest BCUT2D eigenvalue weighted by Gasteiger charge is -2.07. The highest BCUT2D eigenvalue weighted by atomic mass is 16.5. The SMILES string of the molecule is C[C@H](O)c1nccn1Cc1cc(C#Cc2cc[nH]c(=O)c2)on1. The molecule has 0 spiro atoms.